The molecule has 1 saturated carbocycles. The number of nitrogens with one attached hydrogen (secondary N) is 1. The molecule has 3 aromatic rings. The fourth-order valence-electron chi connectivity index (χ4n) is 4.29. The Kier molecular flexibility index (Phi) is 5.23. The highest BCUT2D eigenvalue weighted by atomic mass is 16.1. The maximum Gasteiger partial charge on any atom is 0.252 e. The molecule has 3 heterocycles. The Bertz CT molecular complexity index is 1030. The molecular formula is C23H28N6O. The highest BCUT2D eigenvalue weighted by molar-refractivity contribution is 5.94. The molecular weight excluding hydrogens is 376 g/mol. The van der Waals surface area contributed by atoms with E-state index in [1.54, 1.807) is 0 Å². The maximum atomic E-state index is 12.6. The lowest BCUT2D eigenvalue weighted by Crippen LogP contribution is -2.46. The topological polar surface area (TPSA) is 65.8 Å². The first-order valence-electron chi connectivity index (χ1n) is 10.8. The van der Waals surface area contributed by atoms with Crippen molar-refractivity contribution in [3.63, 3.8) is 0 Å². The van der Waals surface area contributed by atoms with Crippen LogP contribution in [0.5, 0.6) is 0 Å². The fourth-order valence-corrected chi connectivity index (χ4v) is 4.29. The second kappa shape index (κ2) is 8.16. The average Bonchev–Trinajstić information content (AvgIpc) is 3.16. The van der Waals surface area contributed by atoms with Gasteiger partial charge in [0.15, 0.2) is 11.5 Å². The van der Waals surface area contributed by atoms with Crippen molar-refractivity contribution in [2.24, 2.45) is 0 Å². The standard InChI is InChI=1S/C23H28N6O/c1-27-12-13-28(14-17-6-3-2-4-7-17)16-20(27)22-26-25-21-11-10-18(15-29(21)22)23(30)24-19-8-5-9-19/h2-4,6-7,10-11,15,19-20H,5,8-9,12-14,16H2,1H3,(H,24,30). The first-order valence-corrected chi connectivity index (χ1v) is 10.8. The van der Waals surface area contributed by atoms with Crippen LogP contribution in [0, 0.1) is 0 Å². The summed E-state index contributed by atoms with van der Waals surface area (Å²) in [5.41, 5.74) is 2.76. The number of benzene rings is 1. The minimum Gasteiger partial charge on any atom is -0.349 e. The molecule has 1 N–H and O–H groups in total. The molecule has 0 spiro atoms. The third kappa shape index (κ3) is 3.82. The Morgan fingerprint density at radius 3 is 2.70 bits per heavy atom. The third-order valence-corrected chi connectivity index (χ3v) is 6.41. The molecule has 1 saturated heterocycles. The Morgan fingerprint density at radius 2 is 1.93 bits per heavy atom. The first-order chi connectivity index (χ1) is 14.7. The number of hydrogen-bond donors (Lipinski definition) is 1. The minimum absolute atomic E-state index is 0.0102. The van der Waals surface area contributed by atoms with Crippen molar-refractivity contribution < 1.29 is 4.79 Å². The second-order valence-corrected chi connectivity index (χ2v) is 8.52. The largest absolute Gasteiger partial charge is 0.349 e. The van der Waals surface area contributed by atoms with Crippen LogP contribution >= 0.6 is 0 Å². The molecule has 7 nitrogen and oxygen atoms in total. The zero-order valence-corrected chi connectivity index (χ0v) is 17.4. The van der Waals surface area contributed by atoms with E-state index in [1.807, 2.05) is 22.7 Å². The number of pyridine rings is 1. The lowest BCUT2D eigenvalue weighted by Gasteiger charge is -2.38. The summed E-state index contributed by atoms with van der Waals surface area (Å²) >= 11 is 0. The number of carbonyl (C=O) groups is 1. The molecule has 1 unspecified atom stereocenters. The summed E-state index contributed by atoms with van der Waals surface area (Å²) in [6.45, 7) is 3.80. The molecule has 1 amide bonds. The van der Waals surface area contributed by atoms with Gasteiger partial charge in [0.05, 0.1) is 11.6 Å². The highest BCUT2D eigenvalue weighted by Gasteiger charge is 2.29. The van der Waals surface area contributed by atoms with Crippen molar-refractivity contribution in [2.45, 2.75) is 37.9 Å². The molecule has 0 radical (unpaired) electrons. The van der Waals surface area contributed by atoms with Crippen molar-refractivity contribution in [3.8, 4) is 0 Å². The van der Waals surface area contributed by atoms with Crippen molar-refractivity contribution in [1.82, 2.24) is 29.7 Å². The Balaban J connectivity index is 1.38. The average molecular weight is 405 g/mol. The van der Waals surface area contributed by atoms with E-state index in [0.717, 1.165) is 50.5 Å². The molecule has 1 aliphatic carbocycles. The summed E-state index contributed by atoms with van der Waals surface area (Å²) in [5, 5.41) is 12.0. The number of piperazine rings is 1. The van der Waals surface area contributed by atoms with E-state index >= 15 is 0 Å². The summed E-state index contributed by atoms with van der Waals surface area (Å²) in [5.74, 6) is 0.882. The number of hydrogen-bond acceptors (Lipinski definition) is 5. The predicted octanol–water partition coefficient (Wildman–Crippen LogP) is 2.50. The molecule has 0 bridgehead atoms. The molecule has 30 heavy (non-hydrogen) atoms. The van der Waals surface area contributed by atoms with Crippen LogP contribution in [0.3, 0.4) is 0 Å². The lowest BCUT2D eigenvalue weighted by molar-refractivity contribution is 0.0852. The number of aromatic nitrogens is 3. The number of nitrogens with zero attached hydrogens (tertiary/aromatic N) is 5. The van der Waals surface area contributed by atoms with Crippen molar-refractivity contribution >= 4 is 11.6 Å². The summed E-state index contributed by atoms with van der Waals surface area (Å²) < 4.78 is 1.99. The van der Waals surface area contributed by atoms with Crippen LogP contribution in [0.1, 0.15) is 47.1 Å². The van der Waals surface area contributed by atoms with Gasteiger partial charge in [-0.2, -0.15) is 0 Å². The summed E-state index contributed by atoms with van der Waals surface area (Å²) in [4.78, 5) is 17.4. The maximum absolute atomic E-state index is 12.6. The fraction of sp³-hybridized carbons (Fsp3) is 0.435. The van der Waals surface area contributed by atoms with Crippen LogP contribution in [-0.2, 0) is 6.54 Å². The summed E-state index contributed by atoms with van der Waals surface area (Å²) in [7, 11) is 2.14. The Labute approximate surface area is 176 Å². The molecule has 2 aromatic heterocycles. The zero-order chi connectivity index (χ0) is 20.5. The second-order valence-electron chi connectivity index (χ2n) is 8.52. The van der Waals surface area contributed by atoms with Crippen LogP contribution < -0.4 is 5.32 Å². The van der Waals surface area contributed by atoms with E-state index in [9.17, 15) is 4.79 Å². The monoisotopic (exact) mass is 404 g/mol. The van der Waals surface area contributed by atoms with Crippen molar-refractivity contribution in [2.75, 3.05) is 26.7 Å². The predicted molar refractivity (Wildman–Crippen MR) is 115 cm³/mol. The Morgan fingerprint density at radius 1 is 1.10 bits per heavy atom. The van der Waals surface area contributed by atoms with Crippen molar-refractivity contribution in [1.29, 1.82) is 0 Å². The molecule has 156 valence electrons. The van der Waals surface area contributed by atoms with Gasteiger partial charge in [0.2, 0.25) is 0 Å². The van der Waals surface area contributed by atoms with E-state index < -0.39 is 0 Å². The van der Waals surface area contributed by atoms with E-state index in [0.29, 0.717) is 11.6 Å². The van der Waals surface area contributed by atoms with E-state index in [-0.39, 0.29) is 11.9 Å². The van der Waals surface area contributed by atoms with Crippen LogP contribution in [0.15, 0.2) is 48.7 Å². The first kappa shape index (κ1) is 19.2. The normalized spacial score (nSPS) is 20.9. The van der Waals surface area contributed by atoms with Gasteiger partial charge in [-0.15, -0.1) is 10.2 Å². The van der Waals surface area contributed by atoms with Gasteiger partial charge in [-0.25, -0.2) is 0 Å². The lowest BCUT2D eigenvalue weighted by atomic mass is 9.93. The van der Waals surface area contributed by atoms with Crippen LogP contribution in [0.25, 0.3) is 5.65 Å². The number of fused-ring (bicyclic) bond motifs is 1. The molecule has 5 rings (SSSR count). The third-order valence-electron chi connectivity index (χ3n) is 6.41. The van der Waals surface area contributed by atoms with Gasteiger partial charge in [-0.3, -0.25) is 19.0 Å². The Hall–Kier alpha value is -2.77. The molecule has 1 atom stereocenters. The molecule has 1 aliphatic heterocycles. The molecule has 1 aromatic carbocycles. The van der Waals surface area contributed by atoms with E-state index in [4.69, 9.17) is 0 Å². The highest BCUT2D eigenvalue weighted by Crippen LogP contribution is 2.25. The van der Waals surface area contributed by atoms with Gasteiger partial charge >= 0.3 is 0 Å². The van der Waals surface area contributed by atoms with Gasteiger partial charge in [0.25, 0.3) is 5.91 Å². The van der Waals surface area contributed by atoms with Gasteiger partial charge in [0.1, 0.15) is 0 Å². The molecule has 2 aliphatic rings. The van der Waals surface area contributed by atoms with Gasteiger partial charge in [-0.1, -0.05) is 30.3 Å². The van der Waals surface area contributed by atoms with Gasteiger partial charge in [0, 0.05) is 38.4 Å². The van der Waals surface area contributed by atoms with Gasteiger partial charge in [-0.05, 0) is 44.0 Å². The number of amides is 1. The van der Waals surface area contributed by atoms with E-state index in [1.165, 1.54) is 12.0 Å². The number of likely N-dealkylation sites (N-methyl/N-ethyl adjacent to an activating group) is 1. The minimum atomic E-state index is -0.0102. The summed E-state index contributed by atoms with van der Waals surface area (Å²) in [6, 6.07) is 14.8. The van der Waals surface area contributed by atoms with Crippen LogP contribution in [0.2, 0.25) is 0 Å². The quantitative estimate of drug-likeness (QED) is 0.708. The molecule has 7 heteroatoms. The SMILES string of the molecule is CN1CCN(Cc2ccccc2)CC1c1nnc2ccc(C(=O)NC3CCC3)cn12. The number of rotatable bonds is 5. The molecule has 2 fully saturated rings. The van der Waals surface area contributed by atoms with Crippen molar-refractivity contribution in [3.05, 3.63) is 65.6 Å². The van der Waals surface area contributed by atoms with Gasteiger partial charge < -0.3 is 5.32 Å². The van der Waals surface area contributed by atoms with Crippen LogP contribution in [0.4, 0.5) is 0 Å². The van der Waals surface area contributed by atoms with Crippen LogP contribution in [-0.4, -0.2) is 63.0 Å². The zero-order valence-electron chi connectivity index (χ0n) is 17.4. The smallest absolute Gasteiger partial charge is 0.252 e. The number of carbonyl (C=O) groups excluding carboxylic acids is 1. The van der Waals surface area contributed by atoms with E-state index in [2.05, 4.69) is 62.7 Å². The summed E-state index contributed by atoms with van der Waals surface area (Å²) in [6.07, 6.45) is 5.25.